The molecular weight excluding hydrogens is 313 g/mol. The zero-order valence-corrected chi connectivity index (χ0v) is 14.1. The molecule has 124 valence electrons. The van der Waals surface area contributed by atoms with Crippen LogP contribution in [0.1, 0.15) is 30.9 Å². The molecule has 0 bridgehead atoms. The Kier molecular flexibility index (Phi) is 4.49. The van der Waals surface area contributed by atoms with E-state index >= 15 is 0 Å². The van der Waals surface area contributed by atoms with Crippen molar-refractivity contribution in [2.45, 2.75) is 19.8 Å². The van der Waals surface area contributed by atoms with Gasteiger partial charge in [0.2, 0.25) is 0 Å². The molecule has 2 N–H and O–H groups in total. The van der Waals surface area contributed by atoms with Crippen LogP contribution in [0, 0.1) is 17.1 Å². The number of hydrogen-bond acceptors (Lipinski definition) is 3. The first-order valence-electron chi connectivity index (χ1n) is 8.06. The summed E-state index contributed by atoms with van der Waals surface area (Å²) >= 11 is 0. The number of aromatic nitrogens is 1. The quantitative estimate of drug-likeness (QED) is 0.723. The number of nitriles is 1. The smallest absolute Gasteiger partial charge is 0.142 e. The van der Waals surface area contributed by atoms with Crippen LogP contribution >= 0.6 is 0 Å². The minimum absolute atomic E-state index is 0.173. The molecule has 0 saturated heterocycles. The van der Waals surface area contributed by atoms with E-state index < -0.39 is 0 Å². The zero-order chi connectivity index (χ0) is 18.0. The SMILES string of the molecule is CC(C)c1ccc(-c2cc(-c3ccc(F)cc3)nc(N)c2C#N)cc1. The maximum absolute atomic E-state index is 13.2. The molecule has 0 spiro atoms. The summed E-state index contributed by atoms with van der Waals surface area (Å²) in [6.45, 7) is 4.26. The van der Waals surface area contributed by atoms with Gasteiger partial charge in [-0.15, -0.1) is 0 Å². The number of pyridine rings is 1. The molecular formula is C21H18FN3. The van der Waals surface area contributed by atoms with E-state index in [2.05, 4.69) is 37.0 Å². The first-order chi connectivity index (χ1) is 12.0. The van der Waals surface area contributed by atoms with Crippen molar-refractivity contribution in [2.75, 3.05) is 5.73 Å². The minimum Gasteiger partial charge on any atom is -0.383 e. The van der Waals surface area contributed by atoms with Gasteiger partial charge in [0.1, 0.15) is 23.3 Å². The number of nitrogen functional groups attached to an aromatic ring is 1. The summed E-state index contributed by atoms with van der Waals surface area (Å²) in [7, 11) is 0. The monoisotopic (exact) mass is 331 g/mol. The van der Waals surface area contributed by atoms with E-state index in [0.29, 0.717) is 17.2 Å². The Morgan fingerprint density at radius 1 is 1.00 bits per heavy atom. The standard InChI is InChI=1S/C21H18FN3/c1-13(2)14-3-5-15(6-4-14)18-11-20(25-21(24)19(18)12-23)16-7-9-17(22)10-8-16/h3-11,13H,1-2H3,(H2,24,25). The van der Waals surface area contributed by atoms with Crippen LogP contribution < -0.4 is 5.73 Å². The van der Waals surface area contributed by atoms with Gasteiger partial charge in [-0.2, -0.15) is 5.26 Å². The van der Waals surface area contributed by atoms with Crippen molar-refractivity contribution in [1.29, 1.82) is 5.26 Å². The van der Waals surface area contributed by atoms with Gasteiger partial charge in [-0.25, -0.2) is 9.37 Å². The number of benzene rings is 2. The van der Waals surface area contributed by atoms with E-state index in [0.717, 1.165) is 16.7 Å². The third-order valence-corrected chi connectivity index (χ3v) is 4.19. The molecule has 0 radical (unpaired) electrons. The molecule has 0 fully saturated rings. The molecule has 1 aromatic heterocycles. The number of nitrogens with two attached hydrogens (primary N) is 1. The highest BCUT2D eigenvalue weighted by molar-refractivity contribution is 5.80. The van der Waals surface area contributed by atoms with Crippen LogP contribution in [-0.4, -0.2) is 4.98 Å². The van der Waals surface area contributed by atoms with E-state index in [1.165, 1.54) is 17.7 Å². The molecule has 4 heteroatoms. The van der Waals surface area contributed by atoms with Gasteiger partial charge in [0.05, 0.1) is 5.69 Å². The highest BCUT2D eigenvalue weighted by Gasteiger charge is 2.14. The summed E-state index contributed by atoms with van der Waals surface area (Å²) in [6.07, 6.45) is 0. The molecule has 0 saturated carbocycles. The van der Waals surface area contributed by atoms with Crippen LogP contribution in [0.2, 0.25) is 0 Å². The Balaban J connectivity index is 2.14. The highest BCUT2D eigenvalue weighted by atomic mass is 19.1. The lowest BCUT2D eigenvalue weighted by atomic mass is 9.95. The van der Waals surface area contributed by atoms with Crippen molar-refractivity contribution in [3.8, 4) is 28.5 Å². The normalized spacial score (nSPS) is 10.7. The van der Waals surface area contributed by atoms with E-state index in [4.69, 9.17) is 5.73 Å². The fourth-order valence-electron chi connectivity index (χ4n) is 2.73. The van der Waals surface area contributed by atoms with Crippen LogP contribution in [0.15, 0.2) is 54.6 Å². The first-order valence-corrected chi connectivity index (χ1v) is 8.06. The van der Waals surface area contributed by atoms with Crippen LogP contribution in [0.25, 0.3) is 22.4 Å². The maximum atomic E-state index is 13.2. The third kappa shape index (κ3) is 3.36. The van der Waals surface area contributed by atoms with Gasteiger partial charge in [0.15, 0.2) is 0 Å². The number of anilines is 1. The van der Waals surface area contributed by atoms with Gasteiger partial charge in [0, 0.05) is 11.1 Å². The number of nitrogens with zero attached hydrogens (tertiary/aromatic N) is 2. The van der Waals surface area contributed by atoms with E-state index in [1.807, 2.05) is 18.2 Å². The Labute approximate surface area is 146 Å². The zero-order valence-electron chi connectivity index (χ0n) is 14.1. The van der Waals surface area contributed by atoms with E-state index in [-0.39, 0.29) is 11.6 Å². The van der Waals surface area contributed by atoms with Gasteiger partial charge in [-0.3, -0.25) is 0 Å². The molecule has 3 nitrogen and oxygen atoms in total. The van der Waals surface area contributed by atoms with Crippen LogP contribution in [-0.2, 0) is 0 Å². The second kappa shape index (κ2) is 6.74. The van der Waals surface area contributed by atoms with Crippen molar-refractivity contribution in [3.63, 3.8) is 0 Å². The lowest BCUT2D eigenvalue weighted by molar-refractivity contribution is 0.628. The molecule has 3 rings (SSSR count). The average Bonchev–Trinajstić information content (AvgIpc) is 2.61. The second-order valence-electron chi connectivity index (χ2n) is 6.21. The van der Waals surface area contributed by atoms with Gasteiger partial charge in [0.25, 0.3) is 0 Å². The molecule has 25 heavy (non-hydrogen) atoms. The Morgan fingerprint density at radius 3 is 2.16 bits per heavy atom. The summed E-state index contributed by atoms with van der Waals surface area (Å²) in [6, 6.07) is 18.1. The van der Waals surface area contributed by atoms with Crippen LogP contribution in [0.5, 0.6) is 0 Å². The van der Waals surface area contributed by atoms with Crippen molar-refractivity contribution in [3.05, 3.63) is 71.5 Å². The van der Waals surface area contributed by atoms with Crippen molar-refractivity contribution < 1.29 is 4.39 Å². The van der Waals surface area contributed by atoms with Crippen molar-refractivity contribution in [1.82, 2.24) is 4.98 Å². The topological polar surface area (TPSA) is 62.7 Å². The third-order valence-electron chi connectivity index (χ3n) is 4.19. The predicted octanol–water partition coefficient (Wildman–Crippen LogP) is 5.13. The van der Waals surface area contributed by atoms with Crippen LogP contribution in [0.4, 0.5) is 10.2 Å². The molecule has 2 aromatic carbocycles. The maximum Gasteiger partial charge on any atom is 0.142 e. The number of hydrogen-bond donors (Lipinski definition) is 1. The fraction of sp³-hybridized carbons (Fsp3) is 0.143. The van der Waals surface area contributed by atoms with Gasteiger partial charge in [-0.05, 0) is 47.4 Å². The Hall–Kier alpha value is -3.19. The molecule has 0 amide bonds. The molecule has 0 atom stereocenters. The molecule has 3 aromatic rings. The average molecular weight is 331 g/mol. The predicted molar refractivity (Wildman–Crippen MR) is 98.3 cm³/mol. The molecule has 0 aliphatic carbocycles. The lowest BCUT2D eigenvalue weighted by Gasteiger charge is -2.12. The van der Waals surface area contributed by atoms with Crippen molar-refractivity contribution >= 4 is 5.82 Å². The second-order valence-corrected chi connectivity index (χ2v) is 6.21. The summed E-state index contributed by atoms with van der Waals surface area (Å²) in [5, 5.41) is 9.48. The van der Waals surface area contributed by atoms with E-state index in [1.54, 1.807) is 12.1 Å². The molecule has 0 unspecified atom stereocenters. The number of rotatable bonds is 3. The summed E-state index contributed by atoms with van der Waals surface area (Å²) in [5.74, 6) is 0.295. The van der Waals surface area contributed by atoms with Crippen LogP contribution in [0.3, 0.4) is 0 Å². The Bertz CT molecular complexity index is 937. The molecule has 0 aliphatic heterocycles. The fourth-order valence-corrected chi connectivity index (χ4v) is 2.73. The number of halogens is 1. The van der Waals surface area contributed by atoms with Gasteiger partial charge in [-0.1, -0.05) is 38.1 Å². The highest BCUT2D eigenvalue weighted by Crippen LogP contribution is 2.32. The minimum atomic E-state index is -0.310. The summed E-state index contributed by atoms with van der Waals surface area (Å²) < 4.78 is 13.2. The summed E-state index contributed by atoms with van der Waals surface area (Å²) in [4.78, 5) is 4.31. The first kappa shape index (κ1) is 16.7. The lowest BCUT2D eigenvalue weighted by Crippen LogP contribution is -2.00. The van der Waals surface area contributed by atoms with Crippen molar-refractivity contribution in [2.24, 2.45) is 0 Å². The molecule has 0 aliphatic rings. The Morgan fingerprint density at radius 2 is 1.60 bits per heavy atom. The van der Waals surface area contributed by atoms with Gasteiger partial charge >= 0.3 is 0 Å². The van der Waals surface area contributed by atoms with Gasteiger partial charge < -0.3 is 5.73 Å². The summed E-state index contributed by atoms with van der Waals surface area (Å²) in [5.41, 5.74) is 10.6. The largest absolute Gasteiger partial charge is 0.383 e. The molecule has 1 heterocycles. The van der Waals surface area contributed by atoms with E-state index in [9.17, 15) is 9.65 Å².